The van der Waals surface area contributed by atoms with Gasteiger partial charge in [0.15, 0.2) is 5.75 Å². The highest BCUT2D eigenvalue weighted by molar-refractivity contribution is 7.89. The minimum atomic E-state index is -3.83. The van der Waals surface area contributed by atoms with E-state index in [2.05, 4.69) is 4.72 Å². The summed E-state index contributed by atoms with van der Waals surface area (Å²) in [4.78, 5) is 9.64. The molecule has 7 nitrogen and oxygen atoms in total. The molecule has 8 heteroatoms. The van der Waals surface area contributed by atoms with Gasteiger partial charge in [-0.15, -0.1) is 0 Å². The Morgan fingerprint density at radius 3 is 2.65 bits per heavy atom. The lowest BCUT2D eigenvalue weighted by Gasteiger charge is -2.13. The number of phenols is 1. The highest BCUT2D eigenvalue weighted by Gasteiger charge is 2.22. The summed E-state index contributed by atoms with van der Waals surface area (Å²) in [6.45, 7) is 3.74. The van der Waals surface area contributed by atoms with Crippen molar-refractivity contribution in [3.8, 4) is 5.75 Å². The van der Waals surface area contributed by atoms with Crippen molar-refractivity contribution in [1.29, 1.82) is 0 Å². The molecule has 0 aliphatic heterocycles. The van der Waals surface area contributed by atoms with Gasteiger partial charge in [0, 0.05) is 12.1 Å². The number of nitrogens with one attached hydrogen (secondary N) is 1. The number of hydrogen-bond donors (Lipinski definition) is 2. The van der Waals surface area contributed by atoms with Crippen LogP contribution in [0, 0.1) is 10.1 Å². The molecule has 0 fully saturated rings. The molecule has 0 saturated heterocycles. The van der Waals surface area contributed by atoms with E-state index in [0.717, 1.165) is 31.0 Å². The number of hydrogen-bond acceptors (Lipinski definition) is 5. The lowest BCUT2D eigenvalue weighted by molar-refractivity contribution is -0.386. The molecule has 1 aromatic carbocycles. The summed E-state index contributed by atoms with van der Waals surface area (Å²) in [6.07, 6.45) is 2.53. The zero-order valence-corrected chi connectivity index (χ0v) is 12.2. The number of aromatic hydroxyl groups is 1. The molecule has 1 rings (SSSR count). The normalized spacial score (nSPS) is 13.1. The van der Waals surface area contributed by atoms with Gasteiger partial charge in [0.1, 0.15) is 0 Å². The largest absolute Gasteiger partial charge is 0.502 e. The van der Waals surface area contributed by atoms with Crippen LogP contribution in [0.3, 0.4) is 0 Å². The predicted octanol–water partition coefficient (Wildman–Crippen LogP) is 2.16. The van der Waals surface area contributed by atoms with Gasteiger partial charge in [-0.3, -0.25) is 10.1 Å². The Bertz CT molecular complexity index is 586. The molecule has 0 bridgehead atoms. The zero-order valence-electron chi connectivity index (χ0n) is 11.4. The van der Waals surface area contributed by atoms with Crippen LogP contribution in [0.25, 0.3) is 0 Å². The summed E-state index contributed by atoms with van der Waals surface area (Å²) < 4.78 is 26.6. The minimum absolute atomic E-state index is 0.231. The second kappa shape index (κ2) is 6.67. The van der Waals surface area contributed by atoms with E-state index in [4.69, 9.17) is 0 Å². The third-order valence-corrected chi connectivity index (χ3v) is 4.39. The molecule has 0 aliphatic rings. The fraction of sp³-hybridized carbons (Fsp3) is 0.500. The topological polar surface area (TPSA) is 110 Å². The molecule has 2 N–H and O–H groups in total. The molecule has 0 aliphatic carbocycles. The number of nitro groups is 1. The van der Waals surface area contributed by atoms with Crippen LogP contribution in [-0.4, -0.2) is 24.5 Å². The van der Waals surface area contributed by atoms with Crippen molar-refractivity contribution in [3.63, 3.8) is 0 Å². The highest BCUT2D eigenvalue weighted by Crippen LogP contribution is 2.28. The van der Waals surface area contributed by atoms with Gasteiger partial charge in [0.25, 0.3) is 0 Å². The Morgan fingerprint density at radius 1 is 1.45 bits per heavy atom. The van der Waals surface area contributed by atoms with Crippen LogP contribution in [0.15, 0.2) is 23.1 Å². The van der Waals surface area contributed by atoms with Crippen molar-refractivity contribution in [3.05, 3.63) is 28.3 Å². The van der Waals surface area contributed by atoms with E-state index in [1.165, 1.54) is 0 Å². The molecule has 1 atom stereocenters. The summed E-state index contributed by atoms with van der Waals surface area (Å²) >= 11 is 0. The lowest BCUT2D eigenvalue weighted by Crippen LogP contribution is -2.32. The Labute approximate surface area is 117 Å². The third-order valence-electron chi connectivity index (χ3n) is 2.80. The zero-order chi connectivity index (χ0) is 15.3. The van der Waals surface area contributed by atoms with Gasteiger partial charge in [-0.05, 0) is 25.5 Å². The minimum Gasteiger partial charge on any atom is -0.502 e. The van der Waals surface area contributed by atoms with Crippen molar-refractivity contribution in [2.45, 2.75) is 44.0 Å². The summed E-state index contributed by atoms with van der Waals surface area (Å²) in [6, 6.07) is 2.73. The number of nitrogens with zero attached hydrogens (tertiary/aromatic N) is 1. The van der Waals surface area contributed by atoms with Crippen LogP contribution in [0.5, 0.6) is 5.75 Å². The second-order valence-electron chi connectivity index (χ2n) is 4.57. The van der Waals surface area contributed by atoms with E-state index in [9.17, 15) is 23.6 Å². The first-order valence-electron chi connectivity index (χ1n) is 6.27. The maximum absolute atomic E-state index is 12.1. The summed E-state index contributed by atoms with van der Waals surface area (Å²) in [7, 11) is -3.83. The number of benzene rings is 1. The van der Waals surface area contributed by atoms with E-state index < -0.39 is 26.4 Å². The smallest absolute Gasteiger partial charge is 0.312 e. The van der Waals surface area contributed by atoms with Crippen LogP contribution in [0.4, 0.5) is 5.69 Å². The average molecular weight is 302 g/mol. The maximum atomic E-state index is 12.1. The number of nitro benzene ring substituents is 1. The third kappa shape index (κ3) is 4.17. The van der Waals surface area contributed by atoms with E-state index in [-0.39, 0.29) is 10.9 Å². The Balaban J connectivity index is 2.98. The SMILES string of the molecule is CCCCC(C)NS(=O)(=O)c1ccc(O)c([N+](=O)[O-])c1. The first-order chi connectivity index (χ1) is 9.27. The molecule has 0 spiro atoms. The van der Waals surface area contributed by atoms with Crippen molar-refractivity contribution in [2.24, 2.45) is 0 Å². The maximum Gasteiger partial charge on any atom is 0.312 e. The van der Waals surface area contributed by atoms with Gasteiger partial charge in [0.2, 0.25) is 10.0 Å². The first kappa shape index (κ1) is 16.4. The van der Waals surface area contributed by atoms with Crippen LogP contribution < -0.4 is 4.72 Å². The van der Waals surface area contributed by atoms with Crippen LogP contribution in [0.1, 0.15) is 33.1 Å². The molecule has 0 saturated carbocycles. The summed E-state index contributed by atoms with van der Waals surface area (Å²) in [5.41, 5.74) is -0.630. The Kier molecular flexibility index (Phi) is 5.46. The number of phenolic OH excluding ortho intramolecular Hbond substituents is 1. The van der Waals surface area contributed by atoms with Crippen molar-refractivity contribution in [1.82, 2.24) is 4.72 Å². The van der Waals surface area contributed by atoms with Gasteiger partial charge < -0.3 is 5.11 Å². The molecule has 0 amide bonds. The molecule has 1 aromatic rings. The van der Waals surface area contributed by atoms with Crippen LogP contribution >= 0.6 is 0 Å². The summed E-state index contributed by atoms with van der Waals surface area (Å²) in [5, 5.41) is 20.0. The fourth-order valence-corrected chi connectivity index (χ4v) is 3.02. The van der Waals surface area contributed by atoms with E-state index in [1.807, 2.05) is 6.92 Å². The Morgan fingerprint density at radius 2 is 2.10 bits per heavy atom. The monoisotopic (exact) mass is 302 g/mol. The van der Waals surface area contributed by atoms with E-state index in [1.54, 1.807) is 6.92 Å². The molecule has 0 radical (unpaired) electrons. The number of unbranched alkanes of at least 4 members (excludes halogenated alkanes) is 1. The highest BCUT2D eigenvalue weighted by atomic mass is 32.2. The van der Waals surface area contributed by atoms with Gasteiger partial charge in [-0.25, -0.2) is 13.1 Å². The molecule has 1 unspecified atom stereocenters. The molecule has 0 aromatic heterocycles. The second-order valence-corrected chi connectivity index (χ2v) is 6.29. The standard InChI is InChI=1S/C12H18N2O5S/c1-3-4-5-9(2)13-20(18,19)10-6-7-12(15)11(8-10)14(16)17/h6-9,13,15H,3-5H2,1-2H3. The van der Waals surface area contributed by atoms with Crippen molar-refractivity contribution in [2.75, 3.05) is 0 Å². The Hall–Kier alpha value is -1.67. The lowest BCUT2D eigenvalue weighted by atomic mass is 10.2. The van der Waals surface area contributed by atoms with Gasteiger partial charge >= 0.3 is 5.69 Å². The molecule has 112 valence electrons. The van der Waals surface area contributed by atoms with Crippen LogP contribution in [-0.2, 0) is 10.0 Å². The van der Waals surface area contributed by atoms with Crippen molar-refractivity contribution >= 4 is 15.7 Å². The van der Waals surface area contributed by atoms with Gasteiger partial charge in [-0.1, -0.05) is 19.8 Å². The average Bonchev–Trinajstić information content (AvgIpc) is 2.35. The van der Waals surface area contributed by atoms with E-state index in [0.29, 0.717) is 6.42 Å². The fourth-order valence-electron chi connectivity index (χ4n) is 1.72. The quantitative estimate of drug-likeness (QED) is 0.592. The van der Waals surface area contributed by atoms with Gasteiger partial charge in [-0.2, -0.15) is 0 Å². The number of rotatable bonds is 7. The molecule has 0 heterocycles. The molecule has 20 heavy (non-hydrogen) atoms. The molecular formula is C12H18N2O5S. The van der Waals surface area contributed by atoms with Crippen LogP contribution in [0.2, 0.25) is 0 Å². The van der Waals surface area contributed by atoms with Crippen molar-refractivity contribution < 1.29 is 18.4 Å². The van der Waals surface area contributed by atoms with Gasteiger partial charge in [0.05, 0.1) is 9.82 Å². The summed E-state index contributed by atoms with van der Waals surface area (Å²) in [5.74, 6) is -0.562. The molecular weight excluding hydrogens is 284 g/mol. The van der Waals surface area contributed by atoms with E-state index >= 15 is 0 Å². The first-order valence-corrected chi connectivity index (χ1v) is 7.76. The number of sulfonamides is 1. The predicted molar refractivity (Wildman–Crippen MR) is 74.1 cm³/mol.